The Morgan fingerprint density at radius 1 is 1.53 bits per heavy atom. The van der Waals surface area contributed by atoms with Gasteiger partial charge in [-0.25, -0.2) is 0 Å². The van der Waals surface area contributed by atoms with E-state index in [0.29, 0.717) is 17.1 Å². The molecule has 1 aromatic heterocycles. The molecule has 0 aliphatic heterocycles. The van der Waals surface area contributed by atoms with Crippen molar-refractivity contribution in [3.63, 3.8) is 0 Å². The number of methoxy groups -OCH3 is 1. The minimum atomic E-state index is -0.194. The lowest BCUT2D eigenvalue weighted by molar-refractivity contribution is 0.0963. The molecule has 0 aliphatic rings. The predicted molar refractivity (Wildman–Crippen MR) is 78.6 cm³/mol. The maximum atomic E-state index is 12.0. The van der Waals surface area contributed by atoms with Crippen molar-refractivity contribution < 1.29 is 9.53 Å². The topological polar surface area (TPSA) is 64.3 Å². The SMILES string of the molecule is CC#CCNC(=O)c1sc2cc(OC)ccc2c1N. The summed E-state index contributed by atoms with van der Waals surface area (Å²) in [4.78, 5) is 12.5. The fraction of sp³-hybridized carbons (Fsp3) is 0.214. The molecule has 98 valence electrons. The second-order valence-electron chi connectivity index (χ2n) is 3.82. The molecular formula is C14H14N2O2S. The van der Waals surface area contributed by atoms with Gasteiger partial charge in [-0.15, -0.1) is 17.3 Å². The molecule has 1 amide bonds. The molecule has 5 heteroatoms. The maximum Gasteiger partial charge on any atom is 0.264 e. The summed E-state index contributed by atoms with van der Waals surface area (Å²) in [6, 6.07) is 5.57. The molecular weight excluding hydrogens is 260 g/mol. The maximum absolute atomic E-state index is 12.0. The van der Waals surface area contributed by atoms with Crippen LogP contribution in [0.2, 0.25) is 0 Å². The van der Waals surface area contributed by atoms with E-state index in [1.54, 1.807) is 14.0 Å². The molecule has 0 unspecified atom stereocenters. The van der Waals surface area contributed by atoms with Gasteiger partial charge in [-0.2, -0.15) is 0 Å². The Morgan fingerprint density at radius 3 is 3.00 bits per heavy atom. The van der Waals surface area contributed by atoms with Gasteiger partial charge in [0.2, 0.25) is 0 Å². The number of hydrogen-bond acceptors (Lipinski definition) is 4. The van der Waals surface area contributed by atoms with Gasteiger partial charge in [-0.05, 0) is 25.1 Å². The van der Waals surface area contributed by atoms with E-state index in [9.17, 15) is 4.79 Å². The van der Waals surface area contributed by atoms with E-state index < -0.39 is 0 Å². The van der Waals surface area contributed by atoms with Crippen LogP contribution in [0.25, 0.3) is 10.1 Å². The quantitative estimate of drug-likeness (QED) is 0.844. The highest BCUT2D eigenvalue weighted by atomic mass is 32.1. The summed E-state index contributed by atoms with van der Waals surface area (Å²) in [5, 5.41) is 3.59. The number of thiophene rings is 1. The first kappa shape index (κ1) is 13.2. The lowest BCUT2D eigenvalue weighted by Gasteiger charge is -1.99. The third-order valence-corrected chi connectivity index (χ3v) is 3.82. The molecule has 2 rings (SSSR count). The monoisotopic (exact) mass is 274 g/mol. The van der Waals surface area contributed by atoms with Crippen LogP contribution in [0.1, 0.15) is 16.6 Å². The molecule has 0 radical (unpaired) electrons. The minimum absolute atomic E-state index is 0.194. The average molecular weight is 274 g/mol. The number of nitrogens with two attached hydrogens (primary N) is 1. The highest BCUT2D eigenvalue weighted by Crippen LogP contribution is 2.35. The summed E-state index contributed by atoms with van der Waals surface area (Å²) in [5.74, 6) is 6.06. The van der Waals surface area contributed by atoms with Crippen LogP contribution >= 0.6 is 11.3 Å². The lowest BCUT2D eigenvalue weighted by Crippen LogP contribution is -2.23. The molecule has 0 bridgehead atoms. The lowest BCUT2D eigenvalue weighted by atomic mass is 10.2. The van der Waals surface area contributed by atoms with Crippen molar-refractivity contribution in [1.82, 2.24) is 5.32 Å². The van der Waals surface area contributed by atoms with Crippen LogP contribution in [0, 0.1) is 11.8 Å². The molecule has 1 aromatic carbocycles. The van der Waals surface area contributed by atoms with E-state index >= 15 is 0 Å². The van der Waals surface area contributed by atoms with Gasteiger partial charge in [0.15, 0.2) is 0 Å². The smallest absolute Gasteiger partial charge is 0.264 e. The van der Waals surface area contributed by atoms with Gasteiger partial charge in [0.25, 0.3) is 5.91 Å². The highest BCUT2D eigenvalue weighted by molar-refractivity contribution is 7.21. The molecule has 0 saturated heterocycles. The third-order valence-electron chi connectivity index (χ3n) is 2.66. The molecule has 0 atom stereocenters. The molecule has 0 aliphatic carbocycles. The zero-order chi connectivity index (χ0) is 13.8. The van der Waals surface area contributed by atoms with Crippen LogP contribution in [0.15, 0.2) is 18.2 Å². The zero-order valence-electron chi connectivity index (χ0n) is 10.7. The predicted octanol–water partition coefficient (Wildman–Crippen LogP) is 2.25. The first-order chi connectivity index (χ1) is 9.17. The normalized spacial score (nSPS) is 9.79. The van der Waals surface area contributed by atoms with Crippen LogP contribution in [0.3, 0.4) is 0 Å². The Hall–Kier alpha value is -2.19. The van der Waals surface area contributed by atoms with Crippen LogP contribution in [0.5, 0.6) is 5.75 Å². The zero-order valence-corrected chi connectivity index (χ0v) is 11.6. The standard InChI is InChI=1S/C14H14N2O2S/c1-3-4-7-16-14(17)13-12(15)10-6-5-9(18-2)8-11(10)19-13/h5-6,8H,7,15H2,1-2H3,(H,16,17). The summed E-state index contributed by atoms with van der Waals surface area (Å²) in [5.41, 5.74) is 6.51. The second kappa shape index (κ2) is 5.63. The van der Waals surface area contributed by atoms with Crippen molar-refractivity contribution in [2.45, 2.75) is 6.92 Å². The largest absolute Gasteiger partial charge is 0.497 e. The van der Waals surface area contributed by atoms with E-state index in [2.05, 4.69) is 17.2 Å². The molecule has 4 nitrogen and oxygen atoms in total. The molecule has 0 saturated carbocycles. The van der Waals surface area contributed by atoms with Crippen molar-refractivity contribution in [3.05, 3.63) is 23.1 Å². The number of benzene rings is 1. The number of amides is 1. The van der Waals surface area contributed by atoms with Crippen molar-refractivity contribution in [2.24, 2.45) is 0 Å². The van der Waals surface area contributed by atoms with E-state index in [0.717, 1.165) is 15.8 Å². The Morgan fingerprint density at radius 2 is 2.32 bits per heavy atom. The Labute approximate surface area is 115 Å². The van der Waals surface area contributed by atoms with Gasteiger partial charge in [-0.3, -0.25) is 4.79 Å². The van der Waals surface area contributed by atoms with Crippen molar-refractivity contribution in [2.75, 3.05) is 19.4 Å². The Balaban J connectivity index is 2.35. The number of fused-ring (bicyclic) bond motifs is 1. The molecule has 2 aromatic rings. The Kier molecular flexibility index (Phi) is 3.93. The average Bonchev–Trinajstić information content (AvgIpc) is 2.75. The van der Waals surface area contributed by atoms with E-state index in [-0.39, 0.29) is 5.91 Å². The van der Waals surface area contributed by atoms with Crippen molar-refractivity contribution in [3.8, 4) is 17.6 Å². The van der Waals surface area contributed by atoms with E-state index in [1.807, 2.05) is 18.2 Å². The first-order valence-corrected chi connectivity index (χ1v) is 6.53. The van der Waals surface area contributed by atoms with Gasteiger partial charge < -0.3 is 15.8 Å². The van der Waals surface area contributed by atoms with Crippen molar-refractivity contribution >= 4 is 33.0 Å². The number of nitrogens with one attached hydrogen (secondary N) is 1. The Bertz CT molecular complexity index is 680. The number of hydrogen-bond donors (Lipinski definition) is 2. The van der Waals surface area contributed by atoms with E-state index in [4.69, 9.17) is 10.5 Å². The summed E-state index contributed by atoms with van der Waals surface area (Å²) in [7, 11) is 1.61. The minimum Gasteiger partial charge on any atom is -0.497 e. The second-order valence-corrected chi connectivity index (χ2v) is 4.87. The molecule has 3 N–H and O–H groups in total. The van der Waals surface area contributed by atoms with Crippen LogP contribution in [-0.4, -0.2) is 19.6 Å². The summed E-state index contributed by atoms with van der Waals surface area (Å²) >= 11 is 1.35. The summed E-state index contributed by atoms with van der Waals surface area (Å²) in [6.07, 6.45) is 0. The van der Waals surface area contributed by atoms with Crippen LogP contribution in [0.4, 0.5) is 5.69 Å². The third kappa shape index (κ3) is 2.64. The molecule has 1 heterocycles. The molecule has 19 heavy (non-hydrogen) atoms. The van der Waals surface area contributed by atoms with Gasteiger partial charge >= 0.3 is 0 Å². The molecule has 0 spiro atoms. The van der Waals surface area contributed by atoms with Gasteiger partial charge in [0.1, 0.15) is 10.6 Å². The number of anilines is 1. The number of rotatable bonds is 3. The highest BCUT2D eigenvalue weighted by Gasteiger charge is 2.16. The number of ether oxygens (including phenoxy) is 1. The van der Waals surface area contributed by atoms with Gasteiger partial charge in [0.05, 0.1) is 19.3 Å². The number of carbonyl (C=O) groups is 1. The summed E-state index contributed by atoms with van der Waals surface area (Å²) in [6.45, 7) is 2.05. The number of carbonyl (C=O) groups excluding carboxylic acids is 1. The van der Waals surface area contributed by atoms with Crippen LogP contribution in [-0.2, 0) is 0 Å². The van der Waals surface area contributed by atoms with E-state index in [1.165, 1.54) is 11.3 Å². The van der Waals surface area contributed by atoms with Gasteiger partial charge in [-0.1, -0.05) is 5.92 Å². The fourth-order valence-electron chi connectivity index (χ4n) is 1.69. The molecule has 0 fully saturated rings. The van der Waals surface area contributed by atoms with Gasteiger partial charge in [0, 0.05) is 10.1 Å². The van der Waals surface area contributed by atoms with Crippen LogP contribution < -0.4 is 15.8 Å². The summed E-state index contributed by atoms with van der Waals surface area (Å²) < 4.78 is 6.09. The number of nitrogen functional groups attached to an aromatic ring is 1. The fourth-order valence-corrected chi connectivity index (χ4v) is 2.75. The first-order valence-electron chi connectivity index (χ1n) is 5.71. The van der Waals surface area contributed by atoms with Crippen molar-refractivity contribution in [1.29, 1.82) is 0 Å².